The van der Waals surface area contributed by atoms with Crippen LogP contribution in [0.15, 0.2) is 91.0 Å². The number of nitrogens with one attached hydrogen (secondary N) is 1. The van der Waals surface area contributed by atoms with Crippen LogP contribution in [0.3, 0.4) is 0 Å². The van der Waals surface area contributed by atoms with Crippen molar-refractivity contribution >= 4 is 11.9 Å². The standard InChI is InChI=1S/C28H29N3O2/c32-27(26(22-12-6-2-7-13-22)23-14-8-3-9-15-23)30-19-24-16-17-25(20-30)31(24)28(33)29-18-21-10-4-1-5-11-21/h1-15,24-26H,16-20H2,(H,29,33)/t24-,25+. The molecular formula is C28H29N3O2. The zero-order chi connectivity index (χ0) is 22.6. The number of piperazine rings is 1. The maximum Gasteiger partial charge on any atom is 0.318 e. The smallest absolute Gasteiger partial charge is 0.318 e. The predicted molar refractivity (Wildman–Crippen MR) is 129 cm³/mol. The second-order valence-corrected chi connectivity index (χ2v) is 8.93. The Hall–Kier alpha value is -3.60. The molecule has 33 heavy (non-hydrogen) atoms. The number of fused-ring (bicyclic) bond motifs is 2. The minimum atomic E-state index is -0.328. The first-order valence-electron chi connectivity index (χ1n) is 11.7. The van der Waals surface area contributed by atoms with Crippen molar-refractivity contribution in [3.8, 4) is 0 Å². The van der Waals surface area contributed by atoms with Crippen LogP contribution < -0.4 is 5.32 Å². The van der Waals surface area contributed by atoms with Gasteiger partial charge in [-0.3, -0.25) is 4.79 Å². The van der Waals surface area contributed by atoms with Gasteiger partial charge in [0, 0.05) is 19.6 Å². The Morgan fingerprint density at radius 2 is 1.24 bits per heavy atom. The highest BCUT2D eigenvalue weighted by Crippen LogP contribution is 2.34. The van der Waals surface area contributed by atoms with Gasteiger partial charge >= 0.3 is 6.03 Å². The number of benzene rings is 3. The summed E-state index contributed by atoms with van der Waals surface area (Å²) in [6.45, 7) is 1.69. The SMILES string of the molecule is O=C(C(c1ccccc1)c1ccccc1)N1C[C@H]2CC[C@@H](C1)N2C(=O)NCc1ccccc1. The molecule has 2 saturated heterocycles. The van der Waals surface area contributed by atoms with Gasteiger partial charge < -0.3 is 15.1 Å². The average Bonchev–Trinajstić information content (AvgIpc) is 3.14. The molecule has 3 amide bonds. The quantitative estimate of drug-likeness (QED) is 0.641. The van der Waals surface area contributed by atoms with Crippen LogP contribution in [0.1, 0.15) is 35.4 Å². The Morgan fingerprint density at radius 1 is 0.758 bits per heavy atom. The lowest BCUT2D eigenvalue weighted by molar-refractivity contribution is -0.134. The highest BCUT2D eigenvalue weighted by Gasteiger charge is 2.45. The van der Waals surface area contributed by atoms with Gasteiger partial charge in [0.1, 0.15) is 0 Å². The van der Waals surface area contributed by atoms with Crippen LogP contribution in [0.5, 0.6) is 0 Å². The van der Waals surface area contributed by atoms with Gasteiger partial charge in [-0.25, -0.2) is 4.79 Å². The summed E-state index contributed by atoms with van der Waals surface area (Å²) in [4.78, 5) is 30.8. The summed E-state index contributed by atoms with van der Waals surface area (Å²) in [7, 11) is 0. The first kappa shape index (κ1) is 21.3. The average molecular weight is 440 g/mol. The van der Waals surface area contributed by atoms with Crippen LogP contribution in [-0.4, -0.2) is 46.9 Å². The summed E-state index contributed by atoms with van der Waals surface area (Å²) in [5.74, 6) is -0.209. The van der Waals surface area contributed by atoms with Crippen molar-refractivity contribution in [2.24, 2.45) is 0 Å². The zero-order valence-corrected chi connectivity index (χ0v) is 18.6. The molecule has 0 saturated carbocycles. The van der Waals surface area contributed by atoms with E-state index >= 15 is 0 Å². The van der Waals surface area contributed by atoms with Gasteiger partial charge in [0.2, 0.25) is 5.91 Å². The normalized spacial score (nSPS) is 19.5. The molecule has 5 rings (SSSR count). The molecule has 0 spiro atoms. The van der Waals surface area contributed by atoms with E-state index in [1.807, 2.05) is 101 Å². The molecule has 168 valence electrons. The van der Waals surface area contributed by atoms with E-state index in [-0.39, 0.29) is 29.9 Å². The van der Waals surface area contributed by atoms with E-state index in [0.717, 1.165) is 29.5 Å². The van der Waals surface area contributed by atoms with E-state index in [2.05, 4.69) is 5.32 Å². The Kier molecular flexibility index (Phi) is 6.11. The maximum absolute atomic E-state index is 13.8. The second-order valence-electron chi connectivity index (χ2n) is 8.93. The highest BCUT2D eigenvalue weighted by molar-refractivity contribution is 5.88. The van der Waals surface area contributed by atoms with Gasteiger partial charge in [-0.05, 0) is 29.5 Å². The lowest BCUT2D eigenvalue weighted by atomic mass is 9.89. The number of urea groups is 1. The lowest BCUT2D eigenvalue weighted by Crippen LogP contribution is -2.59. The molecule has 3 aromatic carbocycles. The van der Waals surface area contributed by atoms with Crippen molar-refractivity contribution in [1.82, 2.24) is 15.1 Å². The Bertz CT molecular complexity index is 1030. The fourth-order valence-electron chi connectivity index (χ4n) is 5.23. The van der Waals surface area contributed by atoms with Gasteiger partial charge in [0.05, 0.1) is 18.0 Å². The van der Waals surface area contributed by atoms with Crippen molar-refractivity contribution in [3.05, 3.63) is 108 Å². The fraction of sp³-hybridized carbons (Fsp3) is 0.286. The predicted octanol–water partition coefficient (Wildman–Crippen LogP) is 4.40. The third-order valence-electron chi connectivity index (χ3n) is 6.83. The number of amides is 3. The molecule has 2 bridgehead atoms. The molecule has 2 aliphatic rings. The van der Waals surface area contributed by atoms with Gasteiger partial charge in [0.25, 0.3) is 0 Å². The first-order chi connectivity index (χ1) is 16.2. The zero-order valence-electron chi connectivity index (χ0n) is 18.6. The van der Waals surface area contributed by atoms with Crippen molar-refractivity contribution in [1.29, 1.82) is 0 Å². The van der Waals surface area contributed by atoms with Crippen molar-refractivity contribution in [2.45, 2.75) is 37.4 Å². The minimum absolute atomic E-state index is 0.0267. The number of likely N-dealkylation sites (tertiary alicyclic amines) is 1. The second kappa shape index (κ2) is 9.49. The van der Waals surface area contributed by atoms with Crippen LogP contribution >= 0.6 is 0 Å². The third kappa shape index (κ3) is 4.49. The first-order valence-corrected chi connectivity index (χ1v) is 11.7. The summed E-state index contributed by atoms with van der Waals surface area (Å²) >= 11 is 0. The molecule has 2 heterocycles. The summed E-state index contributed by atoms with van der Waals surface area (Å²) in [6.07, 6.45) is 1.88. The van der Waals surface area contributed by atoms with E-state index in [0.29, 0.717) is 19.6 Å². The summed E-state index contributed by atoms with van der Waals surface area (Å²) in [6, 6.07) is 30.0. The molecule has 0 aromatic heterocycles. The van der Waals surface area contributed by atoms with Crippen molar-refractivity contribution in [3.63, 3.8) is 0 Å². The molecule has 1 N–H and O–H groups in total. The van der Waals surface area contributed by atoms with Gasteiger partial charge in [-0.1, -0.05) is 91.0 Å². The Labute approximate surface area is 195 Å². The summed E-state index contributed by atoms with van der Waals surface area (Å²) in [5.41, 5.74) is 3.09. The maximum atomic E-state index is 13.8. The van der Waals surface area contributed by atoms with Crippen LogP contribution in [0, 0.1) is 0 Å². The summed E-state index contributed by atoms with van der Waals surface area (Å²) < 4.78 is 0. The van der Waals surface area contributed by atoms with Crippen molar-refractivity contribution < 1.29 is 9.59 Å². The van der Waals surface area contributed by atoms with Gasteiger partial charge in [-0.15, -0.1) is 0 Å². The highest BCUT2D eigenvalue weighted by atomic mass is 16.2. The largest absolute Gasteiger partial charge is 0.338 e. The molecule has 5 heteroatoms. The number of carbonyl (C=O) groups is 2. The molecule has 3 aromatic rings. The van der Waals surface area contributed by atoms with Crippen LogP contribution in [0.2, 0.25) is 0 Å². The van der Waals surface area contributed by atoms with E-state index in [1.165, 1.54) is 0 Å². The molecule has 0 radical (unpaired) electrons. The van der Waals surface area contributed by atoms with Gasteiger partial charge in [0.15, 0.2) is 0 Å². The third-order valence-corrected chi connectivity index (χ3v) is 6.83. The minimum Gasteiger partial charge on any atom is -0.338 e. The fourth-order valence-corrected chi connectivity index (χ4v) is 5.23. The monoisotopic (exact) mass is 439 g/mol. The van der Waals surface area contributed by atoms with E-state index < -0.39 is 0 Å². The molecule has 2 aliphatic heterocycles. The number of nitrogens with zero attached hydrogens (tertiary/aromatic N) is 2. The molecule has 2 fully saturated rings. The molecule has 0 aliphatic carbocycles. The van der Waals surface area contributed by atoms with Gasteiger partial charge in [-0.2, -0.15) is 0 Å². The molecular weight excluding hydrogens is 410 g/mol. The number of carbonyl (C=O) groups excluding carboxylic acids is 2. The van der Waals surface area contributed by atoms with Crippen LogP contribution in [0.4, 0.5) is 4.79 Å². The van der Waals surface area contributed by atoms with Crippen LogP contribution in [-0.2, 0) is 11.3 Å². The molecule has 5 nitrogen and oxygen atoms in total. The molecule has 2 atom stereocenters. The van der Waals surface area contributed by atoms with Crippen LogP contribution in [0.25, 0.3) is 0 Å². The lowest BCUT2D eigenvalue weighted by Gasteiger charge is -2.42. The van der Waals surface area contributed by atoms with Crippen molar-refractivity contribution in [2.75, 3.05) is 13.1 Å². The number of rotatable bonds is 5. The Balaban J connectivity index is 1.30. The van der Waals surface area contributed by atoms with E-state index in [4.69, 9.17) is 0 Å². The number of hydrogen-bond donors (Lipinski definition) is 1. The molecule has 0 unspecified atom stereocenters. The number of hydrogen-bond acceptors (Lipinski definition) is 2. The Morgan fingerprint density at radius 3 is 1.76 bits per heavy atom. The summed E-state index contributed by atoms with van der Waals surface area (Å²) in [5, 5.41) is 3.07. The topological polar surface area (TPSA) is 52.7 Å². The van der Waals surface area contributed by atoms with E-state index in [9.17, 15) is 9.59 Å². The van der Waals surface area contributed by atoms with E-state index in [1.54, 1.807) is 0 Å².